The summed E-state index contributed by atoms with van der Waals surface area (Å²) < 4.78 is 36.8. The standard InChI is InChI=1S/C22H32O7Si/c1-21(2,3)30(5,6)29-18-17-15(28-22(24-4)12-16(23)26-19(18)22)13-25-20(27-17)14-10-8-7-9-11-14/h7-11,15,17-20H,12-13H2,1-6H3/t15?,17-,18?,19?,20?,22-/m1/s1. The molecule has 1 aromatic rings. The molecule has 3 saturated heterocycles. The molecular formula is C22H32O7Si. The van der Waals surface area contributed by atoms with Gasteiger partial charge in [-0.1, -0.05) is 51.1 Å². The average molecular weight is 437 g/mol. The predicted molar refractivity (Wildman–Crippen MR) is 111 cm³/mol. The van der Waals surface area contributed by atoms with Crippen molar-refractivity contribution in [3.8, 4) is 0 Å². The summed E-state index contributed by atoms with van der Waals surface area (Å²) in [5.41, 5.74) is 0.925. The van der Waals surface area contributed by atoms with E-state index in [1.807, 2.05) is 30.3 Å². The second-order valence-corrected chi connectivity index (χ2v) is 14.5. The highest BCUT2D eigenvalue weighted by Crippen LogP contribution is 2.48. The minimum Gasteiger partial charge on any atom is -0.454 e. The van der Waals surface area contributed by atoms with Gasteiger partial charge >= 0.3 is 5.97 Å². The molecule has 6 atom stereocenters. The van der Waals surface area contributed by atoms with Gasteiger partial charge in [0.1, 0.15) is 24.7 Å². The third-order valence-electron chi connectivity index (χ3n) is 6.77. The maximum atomic E-state index is 12.3. The van der Waals surface area contributed by atoms with Crippen LogP contribution in [0.25, 0.3) is 0 Å². The number of hydrogen-bond donors (Lipinski definition) is 0. The largest absolute Gasteiger partial charge is 0.454 e. The van der Waals surface area contributed by atoms with E-state index in [1.54, 1.807) is 0 Å². The first-order valence-corrected chi connectivity index (χ1v) is 13.4. The molecule has 0 aromatic heterocycles. The number of rotatable bonds is 4. The molecule has 3 aliphatic heterocycles. The summed E-state index contributed by atoms with van der Waals surface area (Å²) in [6, 6.07) is 9.78. The van der Waals surface area contributed by atoms with Crippen molar-refractivity contribution in [1.29, 1.82) is 0 Å². The van der Waals surface area contributed by atoms with Crippen LogP contribution in [-0.4, -0.2) is 58.2 Å². The van der Waals surface area contributed by atoms with E-state index in [0.29, 0.717) is 6.61 Å². The summed E-state index contributed by atoms with van der Waals surface area (Å²) in [5.74, 6) is -1.54. The molecule has 166 valence electrons. The Labute approximate surface area is 179 Å². The molecule has 0 N–H and O–H groups in total. The Morgan fingerprint density at radius 3 is 2.50 bits per heavy atom. The highest BCUT2D eigenvalue weighted by Gasteiger charge is 2.65. The van der Waals surface area contributed by atoms with E-state index in [-0.39, 0.29) is 17.4 Å². The zero-order valence-electron chi connectivity index (χ0n) is 18.5. The van der Waals surface area contributed by atoms with E-state index in [1.165, 1.54) is 7.11 Å². The number of hydrogen-bond acceptors (Lipinski definition) is 7. The van der Waals surface area contributed by atoms with Crippen molar-refractivity contribution in [3.05, 3.63) is 35.9 Å². The van der Waals surface area contributed by atoms with Crippen LogP contribution in [0.3, 0.4) is 0 Å². The summed E-state index contributed by atoms with van der Waals surface area (Å²) in [6.07, 6.45) is -2.58. The molecule has 3 heterocycles. The molecule has 4 unspecified atom stereocenters. The minimum atomic E-state index is -2.22. The van der Waals surface area contributed by atoms with Crippen LogP contribution in [0.5, 0.6) is 0 Å². The minimum absolute atomic E-state index is 0.0247. The summed E-state index contributed by atoms with van der Waals surface area (Å²) in [7, 11) is -0.683. The fourth-order valence-electron chi connectivity index (χ4n) is 4.03. The zero-order chi connectivity index (χ0) is 21.7. The Hall–Kier alpha value is -1.29. The molecule has 3 fully saturated rings. The molecule has 7 nitrogen and oxygen atoms in total. The van der Waals surface area contributed by atoms with Gasteiger partial charge in [0.15, 0.2) is 20.7 Å². The van der Waals surface area contributed by atoms with Crippen LogP contribution in [0.2, 0.25) is 18.1 Å². The summed E-state index contributed by atoms with van der Waals surface area (Å²) in [5, 5.41) is -0.0247. The Bertz CT molecular complexity index is 777. The molecule has 1 aromatic carbocycles. The van der Waals surface area contributed by atoms with E-state index in [4.69, 9.17) is 28.1 Å². The van der Waals surface area contributed by atoms with Gasteiger partial charge in [0, 0.05) is 12.7 Å². The molecule has 0 radical (unpaired) electrons. The molecule has 8 heteroatoms. The van der Waals surface area contributed by atoms with E-state index >= 15 is 0 Å². The number of fused-ring (bicyclic) bond motifs is 2. The molecule has 0 spiro atoms. The first-order valence-electron chi connectivity index (χ1n) is 10.5. The van der Waals surface area contributed by atoms with Crippen molar-refractivity contribution in [3.63, 3.8) is 0 Å². The number of benzene rings is 1. The molecule has 0 amide bonds. The van der Waals surface area contributed by atoms with Gasteiger partial charge in [0.25, 0.3) is 0 Å². The Kier molecular flexibility index (Phi) is 5.62. The molecule has 30 heavy (non-hydrogen) atoms. The average Bonchev–Trinajstić information content (AvgIpc) is 3.03. The normalized spacial score (nSPS) is 36.7. The van der Waals surface area contributed by atoms with Gasteiger partial charge in [0.05, 0.1) is 6.61 Å². The van der Waals surface area contributed by atoms with Crippen LogP contribution in [0.1, 0.15) is 39.0 Å². The first kappa shape index (κ1) is 21.9. The van der Waals surface area contributed by atoms with Crippen molar-refractivity contribution in [1.82, 2.24) is 0 Å². The third kappa shape index (κ3) is 3.74. The van der Waals surface area contributed by atoms with Crippen molar-refractivity contribution < 1.29 is 32.9 Å². The fourth-order valence-corrected chi connectivity index (χ4v) is 5.33. The lowest BCUT2D eigenvalue weighted by atomic mass is 9.91. The third-order valence-corrected chi connectivity index (χ3v) is 11.2. The first-order chi connectivity index (χ1) is 14.1. The van der Waals surface area contributed by atoms with Crippen LogP contribution < -0.4 is 0 Å². The van der Waals surface area contributed by atoms with Crippen molar-refractivity contribution in [2.24, 2.45) is 0 Å². The van der Waals surface area contributed by atoms with E-state index in [0.717, 1.165) is 5.56 Å². The maximum absolute atomic E-state index is 12.3. The lowest BCUT2D eigenvalue weighted by Gasteiger charge is -2.53. The summed E-state index contributed by atoms with van der Waals surface area (Å²) in [6.45, 7) is 11.2. The van der Waals surface area contributed by atoms with Crippen LogP contribution in [0.15, 0.2) is 30.3 Å². The van der Waals surface area contributed by atoms with Crippen LogP contribution >= 0.6 is 0 Å². The van der Waals surface area contributed by atoms with Crippen molar-refractivity contribution >= 4 is 14.3 Å². The van der Waals surface area contributed by atoms with E-state index < -0.39 is 44.8 Å². The Morgan fingerprint density at radius 1 is 1.17 bits per heavy atom. The molecule has 0 bridgehead atoms. The molecule has 4 rings (SSSR count). The van der Waals surface area contributed by atoms with Crippen LogP contribution in [0, 0.1) is 0 Å². The molecule has 0 aliphatic carbocycles. The molecular weight excluding hydrogens is 404 g/mol. The number of ether oxygens (including phenoxy) is 5. The van der Waals surface area contributed by atoms with Crippen LogP contribution in [-0.2, 0) is 32.9 Å². The fraction of sp³-hybridized carbons (Fsp3) is 0.682. The molecule has 0 saturated carbocycles. The highest BCUT2D eigenvalue weighted by molar-refractivity contribution is 6.74. The molecule has 3 aliphatic rings. The smallest absolute Gasteiger partial charge is 0.312 e. The van der Waals surface area contributed by atoms with Gasteiger partial charge in [-0.15, -0.1) is 0 Å². The lowest BCUT2D eigenvalue weighted by Crippen LogP contribution is -2.68. The van der Waals surface area contributed by atoms with Gasteiger partial charge in [-0.3, -0.25) is 4.79 Å². The number of carbonyl (C=O) groups excluding carboxylic acids is 1. The Morgan fingerprint density at radius 2 is 1.87 bits per heavy atom. The second kappa shape index (κ2) is 7.69. The maximum Gasteiger partial charge on any atom is 0.312 e. The summed E-state index contributed by atoms with van der Waals surface area (Å²) >= 11 is 0. The zero-order valence-corrected chi connectivity index (χ0v) is 19.5. The second-order valence-electron chi connectivity index (χ2n) is 9.78. The highest BCUT2D eigenvalue weighted by atomic mass is 28.4. The lowest BCUT2D eigenvalue weighted by molar-refractivity contribution is -0.382. The van der Waals surface area contributed by atoms with Gasteiger partial charge in [-0.25, -0.2) is 0 Å². The monoisotopic (exact) mass is 436 g/mol. The van der Waals surface area contributed by atoms with Crippen molar-refractivity contribution in [2.45, 2.75) is 81.8 Å². The quantitative estimate of drug-likeness (QED) is 0.528. The van der Waals surface area contributed by atoms with Gasteiger partial charge in [0.2, 0.25) is 5.79 Å². The van der Waals surface area contributed by atoms with Crippen LogP contribution in [0.4, 0.5) is 0 Å². The number of methoxy groups -OCH3 is 1. The van der Waals surface area contributed by atoms with E-state index in [2.05, 4.69) is 33.9 Å². The van der Waals surface area contributed by atoms with Gasteiger partial charge in [-0.05, 0) is 18.1 Å². The van der Waals surface area contributed by atoms with Crippen molar-refractivity contribution in [2.75, 3.05) is 13.7 Å². The van der Waals surface area contributed by atoms with Gasteiger partial charge < -0.3 is 28.1 Å². The van der Waals surface area contributed by atoms with Gasteiger partial charge in [-0.2, -0.15) is 0 Å². The SMILES string of the molecule is CO[C@@]12CC(=O)OC1C(O[Si](C)(C)C(C)(C)C)[C@@H]1OC(c3ccccc3)OCC1O2. The predicted octanol–water partition coefficient (Wildman–Crippen LogP) is 3.55. The van der Waals surface area contributed by atoms with E-state index in [9.17, 15) is 4.79 Å². The number of esters is 1. The number of carbonyl (C=O) groups is 1. The summed E-state index contributed by atoms with van der Waals surface area (Å²) in [4.78, 5) is 12.3. The Balaban J connectivity index is 1.68. The topological polar surface area (TPSA) is 72.5 Å².